The summed E-state index contributed by atoms with van der Waals surface area (Å²) >= 11 is 3.23. The van der Waals surface area contributed by atoms with E-state index in [1.54, 1.807) is 59.1 Å². The lowest BCUT2D eigenvalue weighted by Crippen LogP contribution is -1.96. The van der Waals surface area contributed by atoms with Gasteiger partial charge in [-0.1, -0.05) is 36.4 Å². The van der Waals surface area contributed by atoms with Gasteiger partial charge >= 0.3 is 0 Å². The third-order valence-corrected chi connectivity index (χ3v) is 6.31. The van der Waals surface area contributed by atoms with Crippen LogP contribution in [0.3, 0.4) is 0 Å². The Morgan fingerprint density at radius 3 is 1.00 bits per heavy atom. The minimum Gasteiger partial charge on any atom is -0.398 e. The van der Waals surface area contributed by atoms with Gasteiger partial charge < -0.3 is 11.5 Å². The van der Waals surface area contributed by atoms with Crippen molar-refractivity contribution in [3.05, 3.63) is 94.3 Å². The van der Waals surface area contributed by atoms with E-state index in [1.165, 1.54) is 24.3 Å². The average Bonchev–Trinajstić information content (AvgIpc) is 3.43. The van der Waals surface area contributed by atoms with Crippen LogP contribution in [0.1, 0.15) is 0 Å². The molecule has 0 saturated heterocycles. The third kappa shape index (κ3) is 12.2. The van der Waals surface area contributed by atoms with Crippen molar-refractivity contribution in [2.24, 2.45) is 0 Å². The molecule has 0 fully saturated rings. The molecule has 0 bridgehead atoms. The molecule has 0 aliphatic rings. The van der Waals surface area contributed by atoms with E-state index in [2.05, 4.69) is 0 Å². The molecule has 2 aromatic carbocycles. The summed E-state index contributed by atoms with van der Waals surface area (Å²) in [5.41, 5.74) is 12.3. The number of nitrogens with two attached hydrogens (primary N) is 2. The number of hydrogen-bond donors (Lipinski definition) is 4. The Kier molecular flexibility index (Phi) is 11.6. The van der Waals surface area contributed by atoms with Crippen LogP contribution in [-0.2, 0) is 20.2 Å². The van der Waals surface area contributed by atoms with Crippen molar-refractivity contribution in [2.75, 3.05) is 11.5 Å². The van der Waals surface area contributed by atoms with Gasteiger partial charge in [0.1, 0.15) is 0 Å². The molecule has 0 saturated carbocycles. The summed E-state index contributed by atoms with van der Waals surface area (Å²) in [5, 5.41) is 7.71. The van der Waals surface area contributed by atoms with Gasteiger partial charge in [-0.3, -0.25) is 9.11 Å². The zero-order valence-corrected chi connectivity index (χ0v) is 19.8. The van der Waals surface area contributed by atoms with Gasteiger partial charge in [0.25, 0.3) is 20.2 Å². The minimum absolute atomic E-state index is 0.0741. The molecule has 172 valence electrons. The summed E-state index contributed by atoms with van der Waals surface area (Å²) < 4.78 is 58.5. The fourth-order valence-electron chi connectivity index (χ4n) is 1.73. The number of nitrogen functional groups attached to an aromatic ring is 2. The molecule has 4 aromatic rings. The maximum absolute atomic E-state index is 10.4. The monoisotopic (exact) mass is 514 g/mol. The first-order chi connectivity index (χ1) is 15.0. The highest BCUT2D eigenvalue weighted by molar-refractivity contribution is 7.86. The normalized spacial score (nSPS) is 10.3. The van der Waals surface area contributed by atoms with Crippen molar-refractivity contribution in [1.29, 1.82) is 0 Å². The summed E-state index contributed by atoms with van der Waals surface area (Å²) in [6, 6.07) is 18.6. The fourth-order valence-corrected chi connectivity index (χ4v) is 3.84. The van der Waals surface area contributed by atoms with Gasteiger partial charge in [-0.2, -0.15) is 39.5 Å². The standard InChI is InChI=1S/2C6H6O3S.2C4H5NS/c2*7-10(8,9)6-4-2-1-3-5-6;2*5-4-1-2-6-3-4/h2*1-5H,(H,7,8,9);2*1-3H,5H2. The lowest BCUT2D eigenvalue weighted by molar-refractivity contribution is 0.481. The smallest absolute Gasteiger partial charge is 0.294 e. The van der Waals surface area contributed by atoms with Gasteiger partial charge in [-0.05, 0) is 47.2 Å². The summed E-state index contributed by atoms with van der Waals surface area (Å²) in [7, 11) is -8.01. The van der Waals surface area contributed by atoms with Crippen LogP contribution < -0.4 is 11.5 Å². The molecule has 6 N–H and O–H groups in total. The Bertz CT molecular complexity index is 1110. The molecule has 4 rings (SSSR count). The molecular formula is C20H22N2O6S4. The van der Waals surface area contributed by atoms with E-state index in [0.29, 0.717) is 0 Å². The molecule has 0 amide bonds. The van der Waals surface area contributed by atoms with E-state index in [1.807, 2.05) is 33.7 Å². The van der Waals surface area contributed by atoms with Crippen LogP contribution in [-0.4, -0.2) is 25.9 Å². The maximum Gasteiger partial charge on any atom is 0.294 e. The molecule has 0 atom stereocenters. The fraction of sp³-hybridized carbons (Fsp3) is 0. The highest BCUT2D eigenvalue weighted by Gasteiger charge is 2.06. The van der Waals surface area contributed by atoms with Gasteiger partial charge in [0.05, 0.1) is 9.79 Å². The Balaban J connectivity index is 0.000000219. The van der Waals surface area contributed by atoms with Gasteiger partial charge in [0.2, 0.25) is 0 Å². The third-order valence-electron chi connectivity index (χ3n) is 3.17. The largest absolute Gasteiger partial charge is 0.398 e. The maximum atomic E-state index is 10.4. The van der Waals surface area contributed by atoms with Crippen LogP contribution in [0.4, 0.5) is 11.4 Å². The zero-order valence-electron chi connectivity index (χ0n) is 16.6. The predicted octanol–water partition coefficient (Wildman–Crippen LogP) is 4.53. The van der Waals surface area contributed by atoms with E-state index in [0.717, 1.165) is 11.4 Å². The van der Waals surface area contributed by atoms with Crippen molar-refractivity contribution in [2.45, 2.75) is 9.79 Å². The second-order valence-electron chi connectivity index (χ2n) is 5.69. The first kappa shape index (κ1) is 27.3. The van der Waals surface area contributed by atoms with Gasteiger partial charge in [0, 0.05) is 22.1 Å². The van der Waals surface area contributed by atoms with Gasteiger partial charge in [-0.25, -0.2) is 0 Å². The van der Waals surface area contributed by atoms with Gasteiger partial charge in [-0.15, -0.1) is 0 Å². The Morgan fingerprint density at radius 1 is 0.562 bits per heavy atom. The van der Waals surface area contributed by atoms with Gasteiger partial charge in [0.15, 0.2) is 0 Å². The van der Waals surface area contributed by atoms with E-state index in [9.17, 15) is 16.8 Å². The second kappa shape index (κ2) is 13.6. The average molecular weight is 515 g/mol. The summed E-state index contributed by atoms with van der Waals surface area (Å²) in [6.07, 6.45) is 0. The van der Waals surface area contributed by atoms with Crippen molar-refractivity contribution < 1.29 is 25.9 Å². The van der Waals surface area contributed by atoms with E-state index in [4.69, 9.17) is 20.6 Å². The zero-order chi connectivity index (χ0) is 24.0. The summed E-state index contributed by atoms with van der Waals surface area (Å²) in [5.74, 6) is 0. The first-order valence-electron chi connectivity index (χ1n) is 8.60. The molecule has 2 heterocycles. The number of hydrogen-bond acceptors (Lipinski definition) is 8. The minimum atomic E-state index is -4.00. The molecule has 32 heavy (non-hydrogen) atoms. The van der Waals surface area contributed by atoms with E-state index >= 15 is 0 Å². The summed E-state index contributed by atoms with van der Waals surface area (Å²) in [4.78, 5) is -0.148. The number of benzene rings is 2. The molecular weight excluding hydrogens is 492 g/mol. The lowest BCUT2D eigenvalue weighted by atomic mass is 10.4. The predicted molar refractivity (Wildman–Crippen MR) is 130 cm³/mol. The highest BCUT2D eigenvalue weighted by Crippen LogP contribution is 2.07. The van der Waals surface area contributed by atoms with Crippen molar-refractivity contribution in [3.63, 3.8) is 0 Å². The molecule has 0 unspecified atom stereocenters. The van der Waals surface area contributed by atoms with Crippen molar-refractivity contribution >= 4 is 54.3 Å². The van der Waals surface area contributed by atoms with Crippen LogP contribution in [0.25, 0.3) is 0 Å². The Morgan fingerprint density at radius 2 is 0.875 bits per heavy atom. The Hall–Kier alpha value is -2.74. The molecule has 0 radical (unpaired) electrons. The highest BCUT2D eigenvalue weighted by atomic mass is 32.2. The van der Waals surface area contributed by atoms with Crippen LogP contribution in [0, 0.1) is 0 Å². The molecule has 0 aliphatic carbocycles. The first-order valence-corrected chi connectivity index (χ1v) is 13.4. The lowest BCUT2D eigenvalue weighted by Gasteiger charge is -1.92. The Labute approximate surface area is 195 Å². The van der Waals surface area contributed by atoms with Crippen LogP contribution in [0.2, 0.25) is 0 Å². The van der Waals surface area contributed by atoms with E-state index in [-0.39, 0.29) is 9.79 Å². The molecule has 8 nitrogen and oxygen atoms in total. The number of anilines is 2. The van der Waals surface area contributed by atoms with Crippen LogP contribution >= 0.6 is 22.7 Å². The number of rotatable bonds is 2. The molecule has 0 spiro atoms. The van der Waals surface area contributed by atoms with Crippen LogP contribution in [0.15, 0.2) is 104 Å². The quantitative estimate of drug-likeness (QED) is 0.284. The molecule has 12 heteroatoms. The van der Waals surface area contributed by atoms with Crippen molar-refractivity contribution in [1.82, 2.24) is 0 Å². The van der Waals surface area contributed by atoms with E-state index < -0.39 is 20.2 Å². The van der Waals surface area contributed by atoms with Crippen molar-refractivity contribution in [3.8, 4) is 0 Å². The SMILES string of the molecule is Nc1ccsc1.Nc1ccsc1.O=S(=O)(O)c1ccccc1.O=S(=O)(O)c1ccccc1. The molecule has 0 aliphatic heterocycles. The summed E-state index contributed by atoms with van der Waals surface area (Å²) in [6.45, 7) is 0. The second-order valence-corrected chi connectivity index (χ2v) is 10.1. The van der Waals surface area contributed by atoms with Crippen LogP contribution in [0.5, 0.6) is 0 Å². The number of thiophene rings is 2. The topological polar surface area (TPSA) is 161 Å². The molecule has 2 aromatic heterocycles.